The predicted molar refractivity (Wildman–Crippen MR) is 98.7 cm³/mol. The van der Waals surface area contributed by atoms with E-state index in [1.165, 1.54) is 0 Å². The van der Waals surface area contributed by atoms with Crippen molar-refractivity contribution < 1.29 is 14.3 Å². The molecule has 1 atom stereocenters. The van der Waals surface area contributed by atoms with Crippen LogP contribution in [0.25, 0.3) is 0 Å². The molecule has 2 aliphatic heterocycles. The molecule has 0 spiro atoms. The minimum absolute atomic E-state index is 0.132. The number of hydrogen-bond acceptors (Lipinski definition) is 5. The van der Waals surface area contributed by atoms with Crippen LogP contribution in [0.2, 0.25) is 0 Å². The van der Waals surface area contributed by atoms with Crippen molar-refractivity contribution in [3.05, 3.63) is 41.2 Å². The first-order valence-corrected chi connectivity index (χ1v) is 9.06. The van der Waals surface area contributed by atoms with Gasteiger partial charge in [-0.2, -0.15) is 0 Å². The van der Waals surface area contributed by atoms with Gasteiger partial charge in [0.25, 0.3) is 5.91 Å². The van der Waals surface area contributed by atoms with Gasteiger partial charge in [0, 0.05) is 17.6 Å². The SMILES string of the molecule is COc1ccc(C2CC(=O)NC3=C2C(=O)NCC(SC(C)C)=N3)cc1. The quantitative estimate of drug-likeness (QED) is 0.867. The van der Waals surface area contributed by atoms with Crippen LogP contribution in [0.3, 0.4) is 0 Å². The second kappa shape index (κ2) is 7.31. The Morgan fingerprint density at radius 2 is 1.96 bits per heavy atom. The molecule has 6 nitrogen and oxygen atoms in total. The maximum absolute atomic E-state index is 12.7. The van der Waals surface area contributed by atoms with Crippen molar-refractivity contribution in [2.24, 2.45) is 4.99 Å². The van der Waals surface area contributed by atoms with Crippen LogP contribution >= 0.6 is 11.8 Å². The molecule has 25 heavy (non-hydrogen) atoms. The Balaban J connectivity index is 2.02. The van der Waals surface area contributed by atoms with Crippen LogP contribution in [0.1, 0.15) is 31.7 Å². The fraction of sp³-hybridized carbons (Fsp3) is 0.389. The highest BCUT2D eigenvalue weighted by molar-refractivity contribution is 8.14. The number of thioether (sulfide) groups is 1. The fourth-order valence-electron chi connectivity index (χ4n) is 2.93. The summed E-state index contributed by atoms with van der Waals surface area (Å²) in [6.07, 6.45) is 0.223. The van der Waals surface area contributed by atoms with Crippen LogP contribution < -0.4 is 15.4 Å². The van der Waals surface area contributed by atoms with E-state index < -0.39 is 0 Å². The zero-order chi connectivity index (χ0) is 18.0. The van der Waals surface area contributed by atoms with E-state index in [4.69, 9.17) is 4.74 Å². The van der Waals surface area contributed by atoms with E-state index in [-0.39, 0.29) is 24.2 Å². The molecule has 3 rings (SSSR count). The Morgan fingerprint density at radius 3 is 2.60 bits per heavy atom. The summed E-state index contributed by atoms with van der Waals surface area (Å²) in [5.74, 6) is 0.472. The third-order valence-electron chi connectivity index (χ3n) is 4.02. The average molecular weight is 359 g/mol. The number of carbonyl (C=O) groups excluding carboxylic acids is 2. The largest absolute Gasteiger partial charge is 0.497 e. The molecule has 1 aromatic carbocycles. The first-order valence-electron chi connectivity index (χ1n) is 8.18. The Hall–Kier alpha value is -2.28. The van der Waals surface area contributed by atoms with E-state index in [2.05, 4.69) is 29.5 Å². The Morgan fingerprint density at radius 1 is 1.24 bits per heavy atom. The van der Waals surface area contributed by atoms with Crippen LogP contribution in [0, 0.1) is 0 Å². The lowest BCUT2D eigenvalue weighted by Crippen LogP contribution is -2.37. The summed E-state index contributed by atoms with van der Waals surface area (Å²) >= 11 is 1.58. The van der Waals surface area contributed by atoms with E-state index in [9.17, 15) is 9.59 Å². The lowest BCUT2D eigenvalue weighted by molar-refractivity contribution is -0.121. The predicted octanol–water partition coefficient (Wildman–Crippen LogP) is 2.18. The highest BCUT2D eigenvalue weighted by atomic mass is 32.2. The number of ether oxygens (including phenoxy) is 1. The summed E-state index contributed by atoms with van der Waals surface area (Å²) in [7, 11) is 1.60. The number of amides is 2. The molecule has 0 fully saturated rings. The van der Waals surface area contributed by atoms with Crippen molar-refractivity contribution in [1.29, 1.82) is 0 Å². The van der Waals surface area contributed by atoms with Gasteiger partial charge in [0.2, 0.25) is 5.91 Å². The highest BCUT2D eigenvalue weighted by Crippen LogP contribution is 2.35. The normalized spacial score (nSPS) is 20.5. The molecular weight excluding hydrogens is 338 g/mol. The second-order valence-corrected chi connectivity index (χ2v) is 7.84. The molecule has 1 unspecified atom stereocenters. The number of aliphatic imine (C=N–C) groups is 1. The smallest absolute Gasteiger partial charge is 0.251 e. The molecule has 0 aromatic heterocycles. The van der Waals surface area contributed by atoms with Gasteiger partial charge in [-0.05, 0) is 17.7 Å². The lowest BCUT2D eigenvalue weighted by atomic mass is 9.85. The summed E-state index contributed by atoms with van der Waals surface area (Å²) in [6, 6.07) is 7.44. The molecule has 0 aliphatic carbocycles. The molecule has 2 N–H and O–H groups in total. The van der Waals surface area contributed by atoms with E-state index in [1.807, 2.05) is 24.3 Å². The molecule has 2 amide bonds. The van der Waals surface area contributed by atoms with Crippen molar-refractivity contribution in [2.75, 3.05) is 13.7 Å². The lowest BCUT2D eigenvalue weighted by Gasteiger charge is -2.25. The molecule has 0 saturated carbocycles. The maximum atomic E-state index is 12.7. The molecule has 0 radical (unpaired) electrons. The van der Waals surface area contributed by atoms with Crippen LogP contribution in [-0.4, -0.2) is 35.8 Å². The molecule has 2 heterocycles. The van der Waals surface area contributed by atoms with Gasteiger partial charge in [-0.25, -0.2) is 4.99 Å². The Bertz CT molecular complexity index is 753. The number of nitrogens with zero attached hydrogens (tertiary/aromatic N) is 1. The summed E-state index contributed by atoms with van der Waals surface area (Å²) < 4.78 is 5.18. The molecule has 0 saturated heterocycles. The number of rotatable bonds is 3. The van der Waals surface area contributed by atoms with Gasteiger partial charge in [0.05, 0.1) is 24.3 Å². The summed E-state index contributed by atoms with van der Waals surface area (Å²) in [6.45, 7) is 4.50. The summed E-state index contributed by atoms with van der Waals surface area (Å²) in [4.78, 5) is 29.4. The van der Waals surface area contributed by atoms with Crippen molar-refractivity contribution in [1.82, 2.24) is 10.6 Å². The monoisotopic (exact) mass is 359 g/mol. The van der Waals surface area contributed by atoms with Crippen molar-refractivity contribution in [3.63, 3.8) is 0 Å². The average Bonchev–Trinajstić information content (AvgIpc) is 2.72. The molecule has 0 bridgehead atoms. The van der Waals surface area contributed by atoms with Gasteiger partial charge in [0.1, 0.15) is 11.6 Å². The van der Waals surface area contributed by atoms with Gasteiger partial charge >= 0.3 is 0 Å². The maximum Gasteiger partial charge on any atom is 0.251 e. The van der Waals surface area contributed by atoms with E-state index in [1.54, 1.807) is 18.9 Å². The Kier molecular flexibility index (Phi) is 5.13. The van der Waals surface area contributed by atoms with Crippen LogP contribution in [0.15, 0.2) is 40.7 Å². The van der Waals surface area contributed by atoms with Crippen molar-refractivity contribution >= 4 is 28.6 Å². The van der Waals surface area contributed by atoms with Gasteiger partial charge in [-0.3, -0.25) is 9.59 Å². The third-order valence-corrected chi connectivity index (χ3v) is 5.00. The minimum Gasteiger partial charge on any atom is -0.497 e. The van der Waals surface area contributed by atoms with Gasteiger partial charge in [-0.15, -0.1) is 11.8 Å². The topological polar surface area (TPSA) is 79.8 Å². The van der Waals surface area contributed by atoms with Crippen LogP contribution in [0.4, 0.5) is 0 Å². The zero-order valence-electron chi connectivity index (χ0n) is 14.5. The number of nitrogens with one attached hydrogen (secondary N) is 2. The minimum atomic E-state index is -0.318. The van der Waals surface area contributed by atoms with E-state index >= 15 is 0 Å². The number of hydrogen-bond donors (Lipinski definition) is 2. The highest BCUT2D eigenvalue weighted by Gasteiger charge is 2.35. The van der Waals surface area contributed by atoms with Crippen LogP contribution in [0.5, 0.6) is 5.75 Å². The molecule has 7 heteroatoms. The first-order chi connectivity index (χ1) is 12.0. The molecule has 2 aliphatic rings. The van der Waals surface area contributed by atoms with E-state index in [0.717, 1.165) is 16.4 Å². The summed E-state index contributed by atoms with van der Waals surface area (Å²) in [5, 5.41) is 6.82. The third kappa shape index (κ3) is 3.87. The first kappa shape index (κ1) is 17.5. The Labute approximate surface area is 151 Å². The zero-order valence-corrected chi connectivity index (χ0v) is 15.3. The summed E-state index contributed by atoms with van der Waals surface area (Å²) in [5.41, 5.74) is 1.41. The van der Waals surface area contributed by atoms with E-state index in [0.29, 0.717) is 23.2 Å². The molecule has 1 aromatic rings. The standard InChI is InChI=1S/C18H21N3O3S/c1-10(2)25-15-9-19-18(23)16-13(8-14(22)20-17(16)21-15)11-4-6-12(24-3)7-5-11/h4-7,10,13H,8-9H2,1-3H3,(H,19,23)(H,20,22). The van der Waals surface area contributed by atoms with Gasteiger partial charge < -0.3 is 15.4 Å². The number of benzene rings is 1. The van der Waals surface area contributed by atoms with Crippen molar-refractivity contribution in [2.45, 2.75) is 31.4 Å². The molecular formula is C18H21N3O3S. The van der Waals surface area contributed by atoms with Gasteiger partial charge in [0.15, 0.2) is 0 Å². The van der Waals surface area contributed by atoms with Crippen molar-refractivity contribution in [3.8, 4) is 5.75 Å². The number of methoxy groups -OCH3 is 1. The second-order valence-electron chi connectivity index (χ2n) is 6.20. The molecule has 132 valence electrons. The van der Waals surface area contributed by atoms with Gasteiger partial charge in [-0.1, -0.05) is 26.0 Å². The fourth-order valence-corrected chi connectivity index (χ4v) is 3.78. The van der Waals surface area contributed by atoms with Crippen LogP contribution in [-0.2, 0) is 9.59 Å². The number of carbonyl (C=O) groups is 2.